The van der Waals surface area contributed by atoms with Crippen molar-refractivity contribution in [2.24, 2.45) is 0 Å². The van der Waals surface area contributed by atoms with Gasteiger partial charge in [0, 0.05) is 24.0 Å². The topological polar surface area (TPSA) is 65.8 Å². The molecule has 2 aromatic carbocycles. The molecule has 0 bridgehead atoms. The first-order valence-corrected chi connectivity index (χ1v) is 8.59. The van der Waals surface area contributed by atoms with Crippen molar-refractivity contribution < 1.29 is 14.9 Å². The van der Waals surface area contributed by atoms with Crippen molar-refractivity contribution in [3.63, 3.8) is 0 Å². The molecule has 0 saturated carbocycles. The predicted molar refractivity (Wildman–Crippen MR) is 104 cm³/mol. The first-order valence-electron chi connectivity index (χ1n) is 8.59. The van der Waals surface area contributed by atoms with E-state index in [1.807, 2.05) is 19.2 Å². The Morgan fingerprint density at radius 3 is 2.62 bits per heavy atom. The van der Waals surface area contributed by atoms with Crippen LogP contribution in [0.4, 0.5) is 0 Å². The van der Waals surface area contributed by atoms with Crippen LogP contribution in [0.2, 0.25) is 0 Å². The quantitative estimate of drug-likeness (QED) is 0.712. The molecule has 3 rings (SSSR count). The van der Waals surface area contributed by atoms with Crippen LogP contribution < -0.4 is 4.74 Å². The van der Waals surface area contributed by atoms with E-state index in [4.69, 9.17) is 14.8 Å². The van der Waals surface area contributed by atoms with Crippen LogP contribution in [0, 0.1) is 6.92 Å². The minimum Gasteiger partial charge on any atom is -0.504 e. The molecule has 0 atom stereocenters. The number of nitrogens with zero attached hydrogens (tertiary/aromatic N) is 2. The van der Waals surface area contributed by atoms with Gasteiger partial charge in [-0.15, -0.1) is 0 Å². The number of hydrogen-bond donors (Lipinski definition) is 2. The number of aliphatic hydroxyl groups is 1. The number of aliphatic hydroxyl groups excluding tert-OH is 1. The van der Waals surface area contributed by atoms with E-state index in [2.05, 4.69) is 30.0 Å². The van der Waals surface area contributed by atoms with E-state index >= 15 is 0 Å². The molecule has 1 aromatic heterocycles. The van der Waals surface area contributed by atoms with Crippen LogP contribution in [-0.2, 0) is 6.54 Å². The molecule has 5 heteroatoms. The Hall–Kier alpha value is -2.63. The Balaban J connectivity index is 2.01. The maximum Gasteiger partial charge on any atom is 0.160 e. The fourth-order valence-corrected chi connectivity index (χ4v) is 3.11. The highest BCUT2D eigenvalue weighted by molar-refractivity contribution is 5.85. The van der Waals surface area contributed by atoms with Crippen LogP contribution in [0.1, 0.15) is 11.1 Å². The lowest BCUT2D eigenvalue weighted by molar-refractivity contribution is 0.217. The number of benzene rings is 2. The number of ether oxygens (including phenoxy) is 1. The van der Waals surface area contributed by atoms with E-state index in [0.29, 0.717) is 12.3 Å². The van der Waals surface area contributed by atoms with Gasteiger partial charge in [-0.2, -0.15) is 0 Å². The number of phenolic OH excluding ortho intramolecular Hbond substituents is 1. The fourth-order valence-electron chi connectivity index (χ4n) is 3.11. The number of methoxy groups -OCH3 is 1. The van der Waals surface area contributed by atoms with Crippen molar-refractivity contribution in [1.29, 1.82) is 0 Å². The molecule has 2 N–H and O–H groups in total. The van der Waals surface area contributed by atoms with Gasteiger partial charge in [0.15, 0.2) is 11.5 Å². The highest BCUT2D eigenvalue weighted by Gasteiger charge is 2.09. The average Bonchev–Trinajstić information content (AvgIpc) is 2.61. The molecule has 0 aliphatic heterocycles. The van der Waals surface area contributed by atoms with E-state index < -0.39 is 0 Å². The lowest BCUT2D eigenvalue weighted by Gasteiger charge is -2.16. The highest BCUT2D eigenvalue weighted by atomic mass is 16.5. The van der Waals surface area contributed by atoms with Gasteiger partial charge in [0.2, 0.25) is 0 Å². The summed E-state index contributed by atoms with van der Waals surface area (Å²) >= 11 is 0. The van der Waals surface area contributed by atoms with Crippen LogP contribution in [0.25, 0.3) is 22.2 Å². The SMILES string of the molecule is COc1ccc(-c2cc(C)c3ccc(CN(C)CCO)cc3n2)cc1O. The van der Waals surface area contributed by atoms with Crippen molar-refractivity contribution >= 4 is 10.9 Å². The molecule has 0 aliphatic carbocycles. The molecule has 0 aliphatic rings. The minimum absolute atomic E-state index is 0.101. The summed E-state index contributed by atoms with van der Waals surface area (Å²) in [5, 5.41) is 20.2. The maximum absolute atomic E-state index is 10.1. The third-order valence-corrected chi connectivity index (χ3v) is 4.49. The van der Waals surface area contributed by atoms with Crippen LogP contribution in [-0.4, -0.2) is 47.4 Å². The fraction of sp³-hybridized carbons (Fsp3) is 0.286. The van der Waals surface area contributed by atoms with Crippen LogP contribution in [0.15, 0.2) is 42.5 Å². The van der Waals surface area contributed by atoms with Gasteiger partial charge in [0.25, 0.3) is 0 Å². The number of aromatic hydroxyl groups is 1. The van der Waals surface area contributed by atoms with E-state index in [1.54, 1.807) is 12.1 Å². The molecule has 0 unspecified atom stereocenters. The van der Waals surface area contributed by atoms with Crippen molar-refractivity contribution in [2.75, 3.05) is 27.3 Å². The van der Waals surface area contributed by atoms with Crippen molar-refractivity contribution in [3.05, 3.63) is 53.6 Å². The first kappa shape index (κ1) is 18.2. The molecule has 0 amide bonds. The number of aryl methyl sites for hydroxylation is 1. The Bertz CT molecular complexity index is 925. The Kier molecular flexibility index (Phi) is 5.40. The van der Waals surface area contributed by atoms with Crippen molar-refractivity contribution in [2.45, 2.75) is 13.5 Å². The maximum atomic E-state index is 10.1. The normalized spacial score (nSPS) is 11.3. The second kappa shape index (κ2) is 7.72. The number of fused-ring (bicyclic) bond motifs is 1. The van der Waals surface area contributed by atoms with Crippen LogP contribution >= 0.6 is 0 Å². The van der Waals surface area contributed by atoms with Gasteiger partial charge in [-0.3, -0.25) is 4.90 Å². The molecular weight excluding hydrogens is 328 g/mol. The predicted octanol–water partition coefficient (Wildman–Crippen LogP) is 3.35. The summed E-state index contributed by atoms with van der Waals surface area (Å²) in [5.41, 5.74) is 4.86. The summed E-state index contributed by atoms with van der Waals surface area (Å²) in [4.78, 5) is 6.87. The third kappa shape index (κ3) is 3.79. The summed E-state index contributed by atoms with van der Waals surface area (Å²) in [6.07, 6.45) is 0. The zero-order valence-electron chi connectivity index (χ0n) is 15.4. The van der Waals surface area contributed by atoms with E-state index in [9.17, 15) is 5.11 Å². The van der Waals surface area contributed by atoms with Gasteiger partial charge in [-0.1, -0.05) is 12.1 Å². The van der Waals surface area contributed by atoms with E-state index in [-0.39, 0.29) is 12.4 Å². The van der Waals surface area contributed by atoms with Crippen LogP contribution in [0.3, 0.4) is 0 Å². The first-order chi connectivity index (χ1) is 12.5. The van der Waals surface area contributed by atoms with E-state index in [1.165, 1.54) is 7.11 Å². The average molecular weight is 352 g/mol. The number of aromatic nitrogens is 1. The van der Waals surface area contributed by atoms with Gasteiger partial charge in [0.1, 0.15) is 0 Å². The summed E-state index contributed by atoms with van der Waals surface area (Å²) in [7, 11) is 3.51. The smallest absolute Gasteiger partial charge is 0.160 e. The molecule has 0 saturated heterocycles. The monoisotopic (exact) mass is 352 g/mol. The number of hydrogen-bond acceptors (Lipinski definition) is 5. The number of rotatable bonds is 6. The largest absolute Gasteiger partial charge is 0.504 e. The Morgan fingerprint density at radius 1 is 1.12 bits per heavy atom. The molecule has 0 fully saturated rings. The van der Waals surface area contributed by atoms with Crippen LogP contribution in [0.5, 0.6) is 11.5 Å². The standard InChI is InChI=1S/C21H24N2O3/c1-14-10-18(16-5-7-21(26-3)20(25)12-16)22-19-11-15(4-6-17(14)19)13-23(2)8-9-24/h4-7,10-12,24-25H,8-9,13H2,1-3H3. The summed E-state index contributed by atoms with van der Waals surface area (Å²) in [6.45, 7) is 3.60. The molecule has 26 heavy (non-hydrogen) atoms. The summed E-state index contributed by atoms with van der Waals surface area (Å²) < 4.78 is 5.11. The Morgan fingerprint density at radius 2 is 1.92 bits per heavy atom. The zero-order chi connectivity index (χ0) is 18.7. The zero-order valence-corrected chi connectivity index (χ0v) is 15.4. The Labute approximate surface area is 153 Å². The molecule has 5 nitrogen and oxygen atoms in total. The summed E-state index contributed by atoms with van der Waals surface area (Å²) in [5.74, 6) is 0.546. The van der Waals surface area contributed by atoms with Crippen molar-refractivity contribution in [1.82, 2.24) is 9.88 Å². The van der Waals surface area contributed by atoms with Gasteiger partial charge < -0.3 is 14.9 Å². The molecule has 3 aromatic rings. The van der Waals surface area contributed by atoms with Gasteiger partial charge in [0.05, 0.1) is 24.9 Å². The lowest BCUT2D eigenvalue weighted by atomic mass is 10.0. The molecule has 1 heterocycles. The summed E-state index contributed by atoms with van der Waals surface area (Å²) in [6, 6.07) is 13.6. The highest BCUT2D eigenvalue weighted by Crippen LogP contribution is 2.32. The molecule has 0 spiro atoms. The lowest BCUT2D eigenvalue weighted by Crippen LogP contribution is -2.21. The van der Waals surface area contributed by atoms with Crippen molar-refractivity contribution in [3.8, 4) is 22.8 Å². The second-order valence-corrected chi connectivity index (χ2v) is 6.52. The number of likely N-dealkylation sites (N-methyl/N-ethyl adjacent to an activating group) is 1. The van der Waals surface area contributed by atoms with Gasteiger partial charge >= 0.3 is 0 Å². The number of pyridine rings is 1. The molecule has 0 radical (unpaired) electrons. The third-order valence-electron chi connectivity index (χ3n) is 4.49. The molecular formula is C21H24N2O3. The van der Waals surface area contributed by atoms with Gasteiger partial charge in [-0.25, -0.2) is 4.98 Å². The minimum atomic E-state index is 0.101. The number of phenols is 1. The van der Waals surface area contributed by atoms with Gasteiger partial charge in [-0.05, 0) is 55.4 Å². The van der Waals surface area contributed by atoms with E-state index in [0.717, 1.165) is 39.8 Å². The second-order valence-electron chi connectivity index (χ2n) is 6.52. The molecule has 136 valence electrons.